The van der Waals surface area contributed by atoms with E-state index < -0.39 is 24.8 Å². The maximum absolute atomic E-state index is 13.4. The molecule has 24 heavy (non-hydrogen) atoms. The summed E-state index contributed by atoms with van der Waals surface area (Å²) < 4.78 is 70.6. The van der Waals surface area contributed by atoms with E-state index in [0.29, 0.717) is 11.1 Å². The molecule has 132 valence electrons. The summed E-state index contributed by atoms with van der Waals surface area (Å²) in [5.41, 5.74) is 0.816. The summed E-state index contributed by atoms with van der Waals surface area (Å²) in [6.07, 6.45) is 1.17. The van der Waals surface area contributed by atoms with Gasteiger partial charge in [-0.15, -0.1) is 24.0 Å². The van der Waals surface area contributed by atoms with Gasteiger partial charge in [0.1, 0.15) is 0 Å². The van der Waals surface area contributed by atoms with E-state index in [1.165, 1.54) is 18.3 Å². The molecule has 2 aromatic rings. The molecule has 0 N–H and O–H groups in total. The van der Waals surface area contributed by atoms with E-state index in [1.54, 1.807) is 0 Å². The minimum absolute atomic E-state index is 0. The Balaban J connectivity index is 0.00000288. The second-order valence-electron chi connectivity index (χ2n) is 4.22. The van der Waals surface area contributed by atoms with Crippen LogP contribution in [0.25, 0.3) is 11.1 Å². The Morgan fingerprint density at radius 2 is 1.67 bits per heavy atom. The highest BCUT2D eigenvalue weighted by Crippen LogP contribution is 2.30. The van der Waals surface area contributed by atoms with Crippen LogP contribution in [0, 0.1) is 5.82 Å². The van der Waals surface area contributed by atoms with Crippen molar-refractivity contribution in [2.24, 2.45) is 0 Å². The number of ether oxygens (including phenoxy) is 2. The molecule has 0 aliphatic carbocycles. The zero-order chi connectivity index (χ0) is 17.0. The molecule has 0 radical (unpaired) electrons. The quantitative estimate of drug-likeness (QED) is 0.499. The van der Waals surface area contributed by atoms with Crippen LogP contribution in [0.1, 0.15) is 5.56 Å². The molecule has 0 aliphatic rings. The number of benzene rings is 1. The summed E-state index contributed by atoms with van der Waals surface area (Å²) >= 11 is 5.65. The molecule has 1 aromatic heterocycles. The lowest BCUT2D eigenvalue weighted by Crippen LogP contribution is -2.06. The number of pyridine rings is 1. The van der Waals surface area contributed by atoms with Crippen LogP contribution in [0.15, 0.2) is 30.5 Å². The molecule has 0 aliphatic heterocycles. The molecule has 1 heterocycles. The van der Waals surface area contributed by atoms with Crippen molar-refractivity contribution in [3.63, 3.8) is 0 Å². The van der Waals surface area contributed by atoms with Gasteiger partial charge >= 0.3 is 13.2 Å². The highest BCUT2D eigenvalue weighted by atomic mass is 35.5. The Hall–Kier alpha value is -1.80. The van der Waals surface area contributed by atoms with Crippen LogP contribution in [-0.2, 0) is 5.88 Å². The van der Waals surface area contributed by atoms with Gasteiger partial charge in [0.15, 0.2) is 11.6 Å². The Bertz CT molecular complexity index is 688. The van der Waals surface area contributed by atoms with Crippen molar-refractivity contribution in [1.82, 2.24) is 4.98 Å². The van der Waals surface area contributed by atoms with Crippen molar-refractivity contribution in [3.8, 4) is 22.8 Å². The van der Waals surface area contributed by atoms with Crippen molar-refractivity contribution in [2.75, 3.05) is 0 Å². The monoisotopic (exact) mass is 389 g/mol. The highest BCUT2D eigenvalue weighted by Gasteiger charge is 2.15. The Morgan fingerprint density at radius 3 is 2.25 bits per heavy atom. The van der Waals surface area contributed by atoms with Gasteiger partial charge in [0.25, 0.3) is 0 Å². The normalized spacial score (nSPS) is 10.7. The summed E-state index contributed by atoms with van der Waals surface area (Å²) in [6.45, 7) is -6.25. The first kappa shape index (κ1) is 20.2. The third-order valence-electron chi connectivity index (χ3n) is 2.75. The van der Waals surface area contributed by atoms with Crippen molar-refractivity contribution in [1.29, 1.82) is 0 Å². The predicted octanol–water partition coefficient (Wildman–Crippen LogP) is 5.25. The smallest absolute Gasteiger partial charge is 0.388 e. The van der Waals surface area contributed by atoms with E-state index in [-0.39, 0.29) is 29.7 Å². The van der Waals surface area contributed by atoms with E-state index >= 15 is 0 Å². The van der Waals surface area contributed by atoms with E-state index in [0.717, 1.165) is 12.1 Å². The summed E-state index contributed by atoms with van der Waals surface area (Å²) in [7, 11) is 0. The maximum Gasteiger partial charge on any atom is 0.388 e. The van der Waals surface area contributed by atoms with Gasteiger partial charge in [-0.05, 0) is 23.8 Å². The zero-order valence-electron chi connectivity index (χ0n) is 11.7. The second-order valence-corrected chi connectivity index (χ2v) is 4.49. The number of halogens is 7. The average molecular weight is 390 g/mol. The first-order chi connectivity index (χ1) is 10.9. The molecular formula is C14H10Cl2F5NO2. The molecule has 10 heteroatoms. The maximum atomic E-state index is 13.4. The summed E-state index contributed by atoms with van der Waals surface area (Å²) in [6, 6.07) is 4.68. The van der Waals surface area contributed by atoms with Gasteiger partial charge in [-0.3, -0.25) is 0 Å². The van der Waals surface area contributed by atoms with Gasteiger partial charge in [0, 0.05) is 17.3 Å². The lowest BCUT2D eigenvalue weighted by atomic mass is 10.1. The van der Waals surface area contributed by atoms with Gasteiger partial charge in [-0.1, -0.05) is 6.07 Å². The minimum atomic E-state index is -3.18. The van der Waals surface area contributed by atoms with Crippen molar-refractivity contribution < 1.29 is 31.4 Å². The van der Waals surface area contributed by atoms with Crippen LogP contribution in [0.4, 0.5) is 22.0 Å². The third-order valence-corrected chi connectivity index (χ3v) is 3.04. The molecule has 0 amide bonds. The summed E-state index contributed by atoms with van der Waals surface area (Å²) in [5, 5.41) is 0. The minimum Gasteiger partial charge on any atom is -0.432 e. The SMILES string of the molecule is Cl.Fc1ccc(-c2cnc(OC(F)F)c(CCl)c2)cc1OC(F)F. The first-order valence-corrected chi connectivity index (χ1v) is 6.68. The molecule has 1 aromatic carbocycles. The molecule has 3 nitrogen and oxygen atoms in total. The first-order valence-electron chi connectivity index (χ1n) is 6.15. The van der Waals surface area contributed by atoms with Gasteiger partial charge < -0.3 is 9.47 Å². The molecular weight excluding hydrogens is 380 g/mol. The Kier molecular flexibility index (Phi) is 7.50. The molecule has 2 rings (SSSR count). The van der Waals surface area contributed by atoms with Gasteiger partial charge in [-0.25, -0.2) is 9.37 Å². The number of aromatic nitrogens is 1. The molecule has 0 fully saturated rings. The van der Waals surface area contributed by atoms with E-state index in [4.69, 9.17) is 11.6 Å². The number of nitrogens with zero attached hydrogens (tertiary/aromatic N) is 1. The standard InChI is InChI=1S/C14H9ClF5NO2.ClH/c15-5-8-3-9(6-21-12(8)23-14(19)20)7-1-2-10(16)11(4-7)22-13(17)18;/h1-4,6,13-14H,5H2;1H. The molecule has 0 unspecified atom stereocenters. The van der Waals surface area contributed by atoms with Crippen molar-refractivity contribution in [2.45, 2.75) is 19.1 Å². The van der Waals surface area contributed by atoms with Crippen LogP contribution in [0.2, 0.25) is 0 Å². The topological polar surface area (TPSA) is 31.4 Å². The molecule has 0 bridgehead atoms. The van der Waals surface area contributed by atoms with E-state index in [2.05, 4.69) is 14.5 Å². The second kappa shape index (κ2) is 8.89. The Labute approximate surface area is 144 Å². The van der Waals surface area contributed by atoms with Gasteiger partial charge in [0.05, 0.1) is 5.88 Å². The van der Waals surface area contributed by atoms with Crippen LogP contribution in [-0.4, -0.2) is 18.2 Å². The predicted molar refractivity (Wildman–Crippen MR) is 79.7 cm³/mol. The van der Waals surface area contributed by atoms with Crippen LogP contribution in [0.3, 0.4) is 0 Å². The molecule has 0 atom stereocenters. The number of hydrogen-bond donors (Lipinski definition) is 0. The zero-order valence-corrected chi connectivity index (χ0v) is 13.3. The van der Waals surface area contributed by atoms with Crippen molar-refractivity contribution >= 4 is 24.0 Å². The number of rotatable bonds is 6. The van der Waals surface area contributed by atoms with E-state index in [1.807, 2.05) is 0 Å². The van der Waals surface area contributed by atoms with Crippen LogP contribution >= 0.6 is 24.0 Å². The largest absolute Gasteiger partial charge is 0.432 e. The fraction of sp³-hybridized carbons (Fsp3) is 0.214. The fourth-order valence-corrected chi connectivity index (χ4v) is 2.00. The molecule has 0 saturated heterocycles. The molecule has 0 spiro atoms. The van der Waals surface area contributed by atoms with Crippen LogP contribution < -0.4 is 9.47 Å². The molecule has 0 saturated carbocycles. The highest BCUT2D eigenvalue weighted by molar-refractivity contribution is 6.17. The number of alkyl halides is 5. The number of hydrogen-bond acceptors (Lipinski definition) is 3. The fourth-order valence-electron chi connectivity index (χ4n) is 1.81. The third kappa shape index (κ3) is 5.10. The summed E-state index contributed by atoms with van der Waals surface area (Å²) in [5.74, 6) is -2.11. The van der Waals surface area contributed by atoms with E-state index in [9.17, 15) is 22.0 Å². The van der Waals surface area contributed by atoms with Gasteiger partial charge in [-0.2, -0.15) is 17.6 Å². The van der Waals surface area contributed by atoms with Crippen LogP contribution in [0.5, 0.6) is 11.6 Å². The lowest BCUT2D eigenvalue weighted by molar-refractivity contribution is -0.0536. The lowest BCUT2D eigenvalue weighted by Gasteiger charge is -2.11. The Morgan fingerprint density at radius 1 is 1.00 bits per heavy atom. The van der Waals surface area contributed by atoms with Gasteiger partial charge in [0.2, 0.25) is 5.88 Å². The summed E-state index contributed by atoms with van der Waals surface area (Å²) in [4.78, 5) is 3.71. The van der Waals surface area contributed by atoms with Crippen molar-refractivity contribution in [3.05, 3.63) is 41.8 Å². The average Bonchev–Trinajstić information content (AvgIpc) is 2.49.